The number of carbonyl (C=O) groups excluding carboxylic acids is 2. The summed E-state index contributed by atoms with van der Waals surface area (Å²) >= 11 is 1.69. The number of thiazole rings is 1. The van der Waals surface area contributed by atoms with Crippen LogP contribution >= 0.6 is 11.3 Å². The van der Waals surface area contributed by atoms with E-state index in [1.807, 2.05) is 35.2 Å². The van der Waals surface area contributed by atoms with Gasteiger partial charge in [0.15, 0.2) is 0 Å². The minimum absolute atomic E-state index is 0.0295. The van der Waals surface area contributed by atoms with Crippen molar-refractivity contribution in [3.63, 3.8) is 0 Å². The van der Waals surface area contributed by atoms with Crippen LogP contribution < -0.4 is 5.32 Å². The molecular weight excluding hydrogens is 370 g/mol. The van der Waals surface area contributed by atoms with Gasteiger partial charge in [0, 0.05) is 38.0 Å². The molecule has 0 saturated carbocycles. The molecule has 0 bridgehead atoms. The summed E-state index contributed by atoms with van der Waals surface area (Å²) in [6.45, 7) is 2.03. The van der Waals surface area contributed by atoms with E-state index >= 15 is 0 Å². The van der Waals surface area contributed by atoms with E-state index in [2.05, 4.69) is 28.5 Å². The topological polar surface area (TPSA) is 62.3 Å². The van der Waals surface area contributed by atoms with Gasteiger partial charge >= 0.3 is 0 Å². The van der Waals surface area contributed by atoms with Crippen LogP contribution in [0.25, 0.3) is 20.8 Å². The number of nitrogens with zero attached hydrogens (tertiary/aromatic N) is 2. The molecule has 1 aromatic heterocycles. The summed E-state index contributed by atoms with van der Waals surface area (Å²) in [5.74, 6) is 0.246. The van der Waals surface area contributed by atoms with Crippen molar-refractivity contribution in [1.29, 1.82) is 0 Å². The van der Waals surface area contributed by atoms with E-state index in [-0.39, 0.29) is 11.8 Å². The van der Waals surface area contributed by atoms with Crippen LogP contribution in [0.4, 0.5) is 0 Å². The normalized spacial score (nSPS) is 14.0. The Morgan fingerprint density at radius 1 is 1.14 bits per heavy atom. The van der Waals surface area contributed by atoms with Crippen LogP contribution in [0.3, 0.4) is 0 Å². The molecule has 0 aliphatic carbocycles. The number of hydrogen-bond donors (Lipinski definition) is 1. The molecule has 1 aliphatic rings. The second kappa shape index (κ2) is 8.52. The van der Waals surface area contributed by atoms with Crippen LogP contribution in [0.5, 0.6) is 0 Å². The smallest absolute Gasteiger partial charge is 0.222 e. The van der Waals surface area contributed by atoms with Crippen molar-refractivity contribution >= 4 is 33.4 Å². The maximum absolute atomic E-state index is 12.0. The Hall–Kier alpha value is -2.73. The van der Waals surface area contributed by atoms with Crippen molar-refractivity contribution in [2.75, 3.05) is 13.1 Å². The monoisotopic (exact) mass is 393 g/mol. The second-order valence-corrected chi connectivity index (χ2v) is 8.08. The van der Waals surface area contributed by atoms with Gasteiger partial charge < -0.3 is 10.2 Å². The number of amides is 2. The van der Waals surface area contributed by atoms with E-state index in [1.54, 1.807) is 11.3 Å². The first kappa shape index (κ1) is 18.6. The average molecular weight is 394 g/mol. The van der Waals surface area contributed by atoms with E-state index in [1.165, 1.54) is 4.70 Å². The Kier molecular flexibility index (Phi) is 5.67. The van der Waals surface area contributed by atoms with Crippen molar-refractivity contribution in [3.8, 4) is 10.6 Å². The molecule has 28 heavy (non-hydrogen) atoms. The molecule has 3 aromatic rings. The molecular formula is C22H23N3O2S. The molecule has 144 valence electrons. The predicted octanol–water partition coefficient (Wildman–Crippen LogP) is 3.98. The third-order valence-electron chi connectivity index (χ3n) is 4.99. The summed E-state index contributed by atoms with van der Waals surface area (Å²) in [5, 5.41) is 3.97. The molecule has 1 aliphatic heterocycles. The fourth-order valence-corrected chi connectivity index (χ4v) is 4.39. The minimum atomic E-state index is 0.0295. The number of benzene rings is 2. The summed E-state index contributed by atoms with van der Waals surface area (Å²) in [5.41, 5.74) is 3.17. The Bertz CT molecular complexity index is 948. The molecule has 1 N–H and O–H groups in total. The first-order valence-corrected chi connectivity index (χ1v) is 10.5. The number of hydrogen-bond acceptors (Lipinski definition) is 4. The van der Waals surface area contributed by atoms with Crippen LogP contribution in [-0.4, -0.2) is 34.8 Å². The molecule has 2 amide bonds. The minimum Gasteiger partial charge on any atom is -0.352 e. The number of rotatable bonds is 7. The predicted molar refractivity (Wildman–Crippen MR) is 112 cm³/mol. The van der Waals surface area contributed by atoms with Crippen molar-refractivity contribution in [1.82, 2.24) is 15.2 Å². The Labute approximate surface area is 168 Å². The molecule has 6 heteroatoms. The zero-order chi connectivity index (χ0) is 19.3. The van der Waals surface area contributed by atoms with Gasteiger partial charge in [0.05, 0.1) is 10.2 Å². The average Bonchev–Trinajstić information content (AvgIpc) is 3.33. The number of nitrogens with one attached hydrogen (secondary N) is 1. The van der Waals surface area contributed by atoms with Gasteiger partial charge in [-0.3, -0.25) is 9.59 Å². The van der Waals surface area contributed by atoms with E-state index in [4.69, 9.17) is 0 Å². The summed E-state index contributed by atoms with van der Waals surface area (Å²) in [4.78, 5) is 30.1. The van der Waals surface area contributed by atoms with Crippen molar-refractivity contribution in [3.05, 3.63) is 54.1 Å². The van der Waals surface area contributed by atoms with Crippen LogP contribution in [0.2, 0.25) is 0 Å². The van der Waals surface area contributed by atoms with Crippen LogP contribution in [0, 0.1) is 0 Å². The van der Waals surface area contributed by atoms with Gasteiger partial charge in [-0.25, -0.2) is 4.98 Å². The maximum Gasteiger partial charge on any atom is 0.222 e. The zero-order valence-electron chi connectivity index (χ0n) is 15.7. The molecule has 4 rings (SSSR count). The Morgan fingerprint density at radius 3 is 2.71 bits per heavy atom. The molecule has 2 heterocycles. The fourth-order valence-electron chi connectivity index (χ4n) is 3.42. The van der Waals surface area contributed by atoms with Gasteiger partial charge in [-0.2, -0.15) is 0 Å². The SMILES string of the molecule is O=C(CCCN1CCCC1=O)NCc1ccc(-c2nc3ccccc3s2)cc1. The largest absolute Gasteiger partial charge is 0.352 e. The second-order valence-electron chi connectivity index (χ2n) is 7.05. The Morgan fingerprint density at radius 2 is 1.96 bits per heavy atom. The highest BCUT2D eigenvalue weighted by atomic mass is 32.1. The standard InChI is InChI=1S/C22H23N3O2S/c26-20(7-3-13-25-14-4-8-21(25)27)23-15-16-9-11-17(12-10-16)22-24-18-5-1-2-6-19(18)28-22/h1-2,5-6,9-12H,3-4,7-8,13-15H2,(H,23,26). The Balaban J connectivity index is 1.26. The first-order chi connectivity index (χ1) is 13.7. The number of para-hydroxylation sites is 1. The number of fused-ring (bicyclic) bond motifs is 1. The van der Waals surface area contributed by atoms with Gasteiger partial charge in [0.25, 0.3) is 0 Å². The third-order valence-corrected chi connectivity index (χ3v) is 6.07. The molecule has 0 spiro atoms. The van der Waals surface area contributed by atoms with Gasteiger partial charge in [-0.15, -0.1) is 11.3 Å². The molecule has 0 radical (unpaired) electrons. The lowest BCUT2D eigenvalue weighted by Gasteiger charge is -2.14. The number of carbonyl (C=O) groups is 2. The number of likely N-dealkylation sites (tertiary alicyclic amines) is 1. The quantitative estimate of drug-likeness (QED) is 0.660. The molecule has 5 nitrogen and oxygen atoms in total. The summed E-state index contributed by atoms with van der Waals surface area (Å²) < 4.78 is 1.18. The van der Waals surface area contributed by atoms with Crippen molar-refractivity contribution in [2.45, 2.75) is 32.2 Å². The van der Waals surface area contributed by atoms with Gasteiger partial charge in [0.1, 0.15) is 5.01 Å². The lowest BCUT2D eigenvalue weighted by molar-refractivity contribution is -0.128. The zero-order valence-corrected chi connectivity index (χ0v) is 16.5. The van der Waals surface area contributed by atoms with E-state index < -0.39 is 0 Å². The van der Waals surface area contributed by atoms with Gasteiger partial charge in [-0.05, 0) is 30.5 Å². The lowest BCUT2D eigenvalue weighted by Crippen LogP contribution is -2.28. The highest BCUT2D eigenvalue weighted by Crippen LogP contribution is 2.29. The van der Waals surface area contributed by atoms with Crippen LogP contribution in [0.15, 0.2) is 48.5 Å². The number of aromatic nitrogens is 1. The lowest BCUT2D eigenvalue weighted by atomic mass is 10.1. The summed E-state index contributed by atoms with van der Waals surface area (Å²) in [7, 11) is 0. The molecule has 1 saturated heterocycles. The van der Waals surface area contributed by atoms with Gasteiger partial charge in [-0.1, -0.05) is 36.4 Å². The molecule has 2 aromatic carbocycles. The maximum atomic E-state index is 12.0. The van der Waals surface area contributed by atoms with E-state index in [0.29, 0.717) is 32.4 Å². The van der Waals surface area contributed by atoms with E-state index in [0.717, 1.165) is 34.6 Å². The highest BCUT2D eigenvalue weighted by molar-refractivity contribution is 7.21. The van der Waals surface area contributed by atoms with Crippen molar-refractivity contribution in [2.24, 2.45) is 0 Å². The van der Waals surface area contributed by atoms with Crippen LogP contribution in [-0.2, 0) is 16.1 Å². The highest BCUT2D eigenvalue weighted by Gasteiger charge is 2.19. The molecule has 0 atom stereocenters. The first-order valence-electron chi connectivity index (χ1n) is 9.68. The van der Waals surface area contributed by atoms with Crippen molar-refractivity contribution < 1.29 is 9.59 Å². The third kappa shape index (κ3) is 4.39. The summed E-state index contributed by atoms with van der Waals surface area (Å²) in [6.07, 6.45) is 2.76. The fraction of sp³-hybridized carbons (Fsp3) is 0.318. The summed E-state index contributed by atoms with van der Waals surface area (Å²) in [6, 6.07) is 16.3. The van der Waals surface area contributed by atoms with Gasteiger partial charge in [0.2, 0.25) is 11.8 Å². The van der Waals surface area contributed by atoms with E-state index in [9.17, 15) is 9.59 Å². The van der Waals surface area contributed by atoms with Crippen LogP contribution in [0.1, 0.15) is 31.2 Å². The molecule has 1 fully saturated rings. The molecule has 0 unspecified atom stereocenters.